The minimum absolute atomic E-state index is 0.438. The zero-order valence-corrected chi connectivity index (χ0v) is 12.5. The number of hydrogen-bond donors (Lipinski definition) is 1. The van der Waals surface area contributed by atoms with Gasteiger partial charge in [0.25, 0.3) is 0 Å². The number of aliphatic hydroxyl groups excluding tert-OH is 1. The summed E-state index contributed by atoms with van der Waals surface area (Å²) in [4.78, 5) is 0. The van der Waals surface area contributed by atoms with Gasteiger partial charge in [0.2, 0.25) is 0 Å². The van der Waals surface area contributed by atoms with E-state index in [1.54, 1.807) is 0 Å². The normalized spacial score (nSPS) is 42.1. The van der Waals surface area contributed by atoms with E-state index in [0.717, 1.165) is 29.6 Å². The van der Waals surface area contributed by atoms with Gasteiger partial charge in [0.15, 0.2) is 0 Å². The van der Waals surface area contributed by atoms with Crippen molar-refractivity contribution in [1.82, 2.24) is 0 Å². The van der Waals surface area contributed by atoms with E-state index in [1.807, 2.05) is 0 Å². The molecule has 0 heterocycles. The topological polar surface area (TPSA) is 20.2 Å². The van der Waals surface area contributed by atoms with Gasteiger partial charge in [-0.2, -0.15) is 0 Å². The fourth-order valence-corrected chi connectivity index (χ4v) is 5.76. The van der Waals surface area contributed by atoms with Crippen LogP contribution in [0.4, 0.5) is 0 Å². The van der Waals surface area contributed by atoms with Gasteiger partial charge < -0.3 is 5.11 Å². The number of hydrogen-bond acceptors (Lipinski definition) is 1. The van der Waals surface area contributed by atoms with Gasteiger partial charge in [-0.15, -0.1) is 0 Å². The van der Waals surface area contributed by atoms with E-state index < -0.39 is 0 Å². The fraction of sp³-hybridized carbons (Fsp3) is 0.684. The smallest absolute Gasteiger partial charge is 0.0462 e. The molecular formula is C19H26O. The lowest BCUT2D eigenvalue weighted by molar-refractivity contribution is 0.121. The molecule has 2 bridgehead atoms. The van der Waals surface area contributed by atoms with Crippen LogP contribution in [0.2, 0.25) is 0 Å². The van der Waals surface area contributed by atoms with Crippen LogP contribution in [0.1, 0.15) is 36.8 Å². The van der Waals surface area contributed by atoms with Crippen LogP contribution in [0.3, 0.4) is 0 Å². The Morgan fingerprint density at radius 1 is 0.950 bits per heavy atom. The van der Waals surface area contributed by atoms with Gasteiger partial charge in [0, 0.05) is 6.61 Å². The molecule has 3 saturated carbocycles. The van der Waals surface area contributed by atoms with Crippen molar-refractivity contribution in [3.8, 4) is 0 Å². The van der Waals surface area contributed by atoms with Crippen molar-refractivity contribution in [3.05, 3.63) is 35.4 Å². The molecule has 108 valence electrons. The third kappa shape index (κ3) is 2.02. The van der Waals surface area contributed by atoms with Crippen molar-refractivity contribution < 1.29 is 5.11 Å². The highest BCUT2D eigenvalue weighted by atomic mass is 16.3. The molecule has 1 N–H and O–H groups in total. The summed E-state index contributed by atoms with van der Waals surface area (Å²) >= 11 is 0. The summed E-state index contributed by atoms with van der Waals surface area (Å²) < 4.78 is 0. The van der Waals surface area contributed by atoms with E-state index in [4.69, 9.17) is 0 Å². The second kappa shape index (κ2) is 4.87. The summed E-state index contributed by atoms with van der Waals surface area (Å²) in [5.74, 6) is 5.29. The lowest BCUT2D eigenvalue weighted by Crippen LogP contribution is -2.26. The highest BCUT2D eigenvalue weighted by molar-refractivity contribution is 5.22. The van der Waals surface area contributed by atoms with Crippen molar-refractivity contribution in [2.24, 2.45) is 35.5 Å². The molecule has 0 aliphatic heterocycles. The third-order valence-corrected chi connectivity index (χ3v) is 6.58. The third-order valence-electron chi connectivity index (χ3n) is 6.58. The molecule has 1 heteroatoms. The minimum Gasteiger partial charge on any atom is -0.396 e. The first-order valence-corrected chi connectivity index (χ1v) is 8.41. The van der Waals surface area contributed by atoms with Gasteiger partial charge in [-0.25, -0.2) is 0 Å². The molecule has 3 aliphatic rings. The van der Waals surface area contributed by atoms with E-state index in [0.29, 0.717) is 12.5 Å². The van der Waals surface area contributed by atoms with Crippen molar-refractivity contribution in [2.45, 2.75) is 39.0 Å². The Labute approximate surface area is 122 Å². The van der Waals surface area contributed by atoms with Gasteiger partial charge in [-0.1, -0.05) is 29.8 Å². The van der Waals surface area contributed by atoms with E-state index in [2.05, 4.69) is 31.2 Å². The van der Waals surface area contributed by atoms with Crippen LogP contribution < -0.4 is 0 Å². The second-order valence-corrected chi connectivity index (χ2v) is 7.69. The molecule has 0 aromatic heterocycles. The molecule has 0 radical (unpaired) electrons. The van der Waals surface area contributed by atoms with Gasteiger partial charge >= 0.3 is 0 Å². The Hall–Kier alpha value is -0.820. The SMILES string of the molecule is Cc1ccc(CC2CC3C4CC(CO)C(C4)C3C2)cc1. The first kappa shape index (κ1) is 12.9. The average molecular weight is 270 g/mol. The van der Waals surface area contributed by atoms with Crippen molar-refractivity contribution in [2.75, 3.05) is 6.61 Å². The van der Waals surface area contributed by atoms with Crippen LogP contribution in [0.15, 0.2) is 24.3 Å². The molecule has 1 nitrogen and oxygen atoms in total. The summed E-state index contributed by atoms with van der Waals surface area (Å²) in [6, 6.07) is 9.12. The Balaban J connectivity index is 1.43. The molecule has 20 heavy (non-hydrogen) atoms. The predicted molar refractivity (Wildman–Crippen MR) is 81.4 cm³/mol. The average Bonchev–Trinajstić information content (AvgIpc) is 3.11. The van der Waals surface area contributed by atoms with E-state index >= 15 is 0 Å². The molecule has 0 saturated heterocycles. The highest BCUT2D eigenvalue weighted by Gasteiger charge is 2.55. The maximum atomic E-state index is 9.54. The van der Waals surface area contributed by atoms with Crippen LogP contribution in [0.5, 0.6) is 0 Å². The maximum absolute atomic E-state index is 9.54. The zero-order valence-electron chi connectivity index (χ0n) is 12.5. The van der Waals surface area contributed by atoms with E-state index in [-0.39, 0.29) is 0 Å². The summed E-state index contributed by atoms with van der Waals surface area (Å²) in [6.45, 7) is 2.60. The summed E-state index contributed by atoms with van der Waals surface area (Å²) in [5, 5.41) is 9.54. The molecular weight excluding hydrogens is 244 g/mol. The van der Waals surface area contributed by atoms with Gasteiger partial charge in [0.05, 0.1) is 0 Å². The number of aryl methyl sites for hydroxylation is 1. The van der Waals surface area contributed by atoms with Crippen molar-refractivity contribution in [1.29, 1.82) is 0 Å². The van der Waals surface area contributed by atoms with Crippen LogP contribution >= 0.6 is 0 Å². The summed E-state index contributed by atoms with van der Waals surface area (Å²) in [7, 11) is 0. The fourth-order valence-electron chi connectivity index (χ4n) is 5.76. The van der Waals surface area contributed by atoms with Crippen LogP contribution in [0.25, 0.3) is 0 Å². The first-order chi connectivity index (χ1) is 9.74. The number of aliphatic hydroxyl groups is 1. The Morgan fingerprint density at radius 2 is 1.70 bits per heavy atom. The maximum Gasteiger partial charge on any atom is 0.0462 e. The molecule has 0 amide bonds. The molecule has 1 aromatic rings. The zero-order chi connectivity index (χ0) is 13.7. The molecule has 6 unspecified atom stereocenters. The van der Waals surface area contributed by atoms with E-state index in [1.165, 1.54) is 43.2 Å². The van der Waals surface area contributed by atoms with E-state index in [9.17, 15) is 5.11 Å². The highest BCUT2D eigenvalue weighted by Crippen LogP contribution is 2.62. The Kier molecular flexibility index (Phi) is 3.14. The summed E-state index contributed by atoms with van der Waals surface area (Å²) in [6.07, 6.45) is 6.90. The molecule has 1 aromatic carbocycles. The van der Waals surface area contributed by atoms with Crippen molar-refractivity contribution in [3.63, 3.8) is 0 Å². The molecule has 6 atom stereocenters. The quantitative estimate of drug-likeness (QED) is 0.885. The van der Waals surface area contributed by atoms with Crippen LogP contribution in [-0.4, -0.2) is 11.7 Å². The number of benzene rings is 1. The molecule has 3 aliphatic carbocycles. The van der Waals surface area contributed by atoms with Crippen molar-refractivity contribution >= 4 is 0 Å². The van der Waals surface area contributed by atoms with Crippen LogP contribution in [0, 0.1) is 42.4 Å². The number of rotatable bonds is 3. The largest absolute Gasteiger partial charge is 0.396 e. The minimum atomic E-state index is 0.438. The Bertz CT molecular complexity index is 475. The molecule has 3 fully saturated rings. The van der Waals surface area contributed by atoms with Gasteiger partial charge in [0.1, 0.15) is 0 Å². The Morgan fingerprint density at radius 3 is 2.45 bits per heavy atom. The standard InChI is InChI=1S/C19H26O/c1-12-2-4-13(5-3-12)6-14-7-17-15-9-16(11-20)18(10-15)19(17)8-14/h2-5,14-20H,6-11H2,1H3. The first-order valence-electron chi connectivity index (χ1n) is 8.41. The molecule has 0 spiro atoms. The van der Waals surface area contributed by atoms with Crippen LogP contribution in [-0.2, 0) is 6.42 Å². The summed E-state index contributed by atoms with van der Waals surface area (Å²) in [5.41, 5.74) is 2.88. The van der Waals surface area contributed by atoms with Gasteiger partial charge in [-0.3, -0.25) is 0 Å². The predicted octanol–water partition coefficient (Wildman–Crippen LogP) is 3.83. The lowest BCUT2D eigenvalue weighted by Gasteiger charge is -2.30. The monoisotopic (exact) mass is 270 g/mol. The second-order valence-electron chi connectivity index (χ2n) is 7.69. The molecule has 4 rings (SSSR count). The lowest BCUT2D eigenvalue weighted by atomic mass is 9.76. The number of fused-ring (bicyclic) bond motifs is 5. The van der Waals surface area contributed by atoms with Gasteiger partial charge in [-0.05, 0) is 80.1 Å².